The molecule has 1 aromatic carbocycles. The zero-order chi connectivity index (χ0) is 24.9. The number of thiophene rings is 1. The van der Waals surface area contributed by atoms with E-state index in [-0.39, 0.29) is 17.1 Å². The van der Waals surface area contributed by atoms with Crippen LogP contribution in [-0.4, -0.2) is 47.7 Å². The average molecular weight is 516 g/mol. The molecule has 1 aliphatic rings. The SMILES string of the molecule is COc1ccc2ncc(Cl)c([C@@H](N)CC[C@H]3CCN(CC#Cc4ccc(F)s4)C[C@H]3C(=O)O)c2c1. The number of aromatic nitrogens is 1. The van der Waals surface area contributed by atoms with Crippen LogP contribution in [0.15, 0.2) is 36.5 Å². The molecule has 3 N–H and O–H groups in total. The second kappa shape index (κ2) is 11.4. The van der Waals surface area contributed by atoms with Gasteiger partial charge in [0, 0.05) is 24.2 Å². The molecule has 1 fully saturated rings. The summed E-state index contributed by atoms with van der Waals surface area (Å²) in [6, 6.07) is 8.28. The number of methoxy groups -OCH3 is 1. The average Bonchev–Trinajstić information content (AvgIpc) is 3.27. The van der Waals surface area contributed by atoms with E-state index in [1.54, 1.807) is 19.4 Å². The van der Waals surface area contributed by atoms with E-state index in [4.69, 9.17) is 22.1 Å². The minimum Gasteiger partial charge on any atom is -0.497 e. The summed E-state index contributed by atoms with van der Waals surface area (Å²) in [7, 11) is 1.60. The number of benzene rings is 1. The van der Waals surface area contributed by atoms with Crippen molar-refractivity contribution in [2.45, 2.75) is 25.3 Å². The summed E-state index contributed by atoms with van der Waals surface area (Å²) >= 11 is 7.50. The number of piperidine rings is 1. The second-order valence-corrected chi connectivity index (χ2v) is 10.2. The highest BCUT2D eigenvalue weighted by Gasteiger charge is 2.34. The number of hydrogen-bond donors (Lipinski definition) is 2. The number of rotatable bonds is 7. The zero-order valence-electron chi connectivity index (χ0n) is 19.3. The van der Waals surface area contributed by atoms with E-state index in [1.807, 2.05) is 23.1 Å². The molecule has 6 nitrogen and oxygen atoms in total. The number of ether oxygens (including phenoxy) is 1. The maximum absolute atomic E-state index is 13.1. The minimum absolute atomic E-state index is 0.00978. The highest BCUT2D eigenvalue weighted by molar-refractivity contribution is 7.10. The van der Waals surface area contributed by atoms with Gasteiger partial charge in [0.15, 0.2) is 5.13 Å². The molecule has 0 amide bonds. The van der Waals surface area contributed by atoms with Crippen LogP contribution in [0.1, 0.15) is 35.7 Å². The Morgan fingerprint density at radius 1 is 1.43 bits per heavy atom. The summed E-state index contributed by atoms with van der Waals surface area (Å²) in [6.45, 7) is 1.64. The Morgan fingerprint density at radius 2 is 2.26 bits per heavy atom. The standard InChI is InChI=1S/C26H27ClFN3O3S/c1-34-17-5-8-23-19(13-17)25(21(27)14-30-23)22(29)7-4-16-10-12-31(15-20(16)26(32)33)11-2-3-18-6-9-24(28)35-18/h5-6,8-9,13-14,16,20,22H,4,7,10-12,15,29H2,1H3,(H,32,33)/t16-,20+,22-/m0/s1. The number of halogens is 2. The molecule has 0 bridgehead atoms. The first-order valence-corrected chi connectivity index (χ1v) is 12.6. The minimum atomic E-state index is -0.807. The Hall–Kier alpha value is -2.70. The molecule has 2 aromatic heterocycles. The van der Waals surface area contributed by atoms with Crippen molar-refractivity contribution in [3.63, 3.8) is 0 Å². The van der Waals surface area contributed by atoms with Crippen molar-refractivity contribution in [3.05, 3.63) is 57.1 Å². The molecule has 4 rings (SSSR count). The number of carbonyl (C=O) groups is 1. The molecule has 1 aliphatic heterocycles. The van der Waals surface area contributed by atoms with E-state index in [1.165, 1.54) is 6.07 Å². The first kappa shape index (κ1) is 25.4. The number of pyridine rings is 1. The first-order chi connectivity index (χ1) is 16.9. The van der Waals surface area contributed by atoms with Crippen LogP contribution in [0.4, 0.5) is 4.39 Å². The molecule has 9 heteroatoms. The molecule has 3 heterocycles. The van der Waals surface area contributed by atoms with E-state index in [0.717, 1.165) is 40.8 Å². The summed E-state index contributed by atoms with van der Waals surface area (Å²) in [4.78, 5) is 19.1. The van der Waals surface area contributed by atoms with Crippen molar-refractivity contribution in [2.24, 2.45) is 17.6 Å². The molecule has 0 saturated carbocycles. The number of carboxylic acid groups (broad SMARTS) is 1. The van der Waals surface area contributed by atoms with Gasteiger partial charge in [0.2, 0.25) is 0 Å². The Morgan fingerprint density at radius 3 is 2.97 bits per heavy atom. The zero-order valence-corrected chi connectivity index (χ0v) is 20.9. The summed E-state index contributed by atoms with van der Waals surface area (Å²) in [5.41, 5.74) is 8.17. The topological polar surface area (TPSA) is 88.7 Å². The van der Waals surface area contributed by atoms with Gasteiger partial charge in [0.25, 0.3) is 0 Å². The number of likely N-dealkylation sites (tertiary alicyclic amines) is 1. The van der Waals surface area contributed by atoms with Gasteiger partial charge in [0.1, 0.15) is 5.75 Å². The maximum Gasteiger partial charge on any atom is 0.308 e. The predicted molar refractivity (Wildman–Crippen MR) is 136 cm³/mol. The van der Waals surface area contributed by atoms with E-state index >= 15 is 0 Å². The fourth-order valence-electron chi connectivity index (χ4n) is 4.67. The Balaban J connectivity index is 1.41. The molecule has 3 atom stereocenters. The van der Waals surface area contributed by atoms with E-state index in [2.05, 4.69) is 16.8 Å². The largest absolute Gasteiger partial charge is 0.497 e. The smallest absolute Gasteiger partial charge is 0.308 e. The van der Waals surface area contributed by atoms with Gasteiger partial charge in [-0.15, -0.1) is 0 Å². The summed E-state index contributed by atoms with van der Waals surface area (Å²) < 4.78 is 18.5. The van der Waals surface area contributed by atoms with Gasteiger partial charge in [-0.3, -0.25) is 14.7 Å². The van der Waals surface area contributed by atoms with E-state index < -0.39 is 11.9 Å². The normalized spacial score (nSPS) is 19.2. The highest BCUT2D eigenvalue weighted by atomic mass is 35.5. The van der Waals surface area contributed by atoms with Crippen LogP contribution in [0.3, 0.4) is 0 Å². The summed E-state index contributed by atoms with van der Waals surface area (Å²) in [6.07, 6.45) is 3.64. The van der Waals surface area contributed by atoms with Crippen molar-refractivity contribution in [3.8, 4) is 17.6 Å². The van der Waals surface area contributed by atoms with Crippen LogP contribution in [0.5, 0.6) is 5.75 Å². The first-order valence-electron chi connectivity index (χ1n) is 11.4. The fraction of sp³-hybridized carbons (Fsp3) is 0.385. The number of hydrogen-bond acceptors (Lipinski definition) is 6. The summed E-state index contributed by atoms with van der Waals surface area (Å²) in [5, 5.41) is 11.0. The lowest BCUT2D eigenvalue weighted by molar-refractivity contribution is -0.146. The molecule has 35 heavy (non-hydrogen) atoms. The molecule has 184 valence electrons. The van der Waals surface area contributed by atoms with Crippen LogP contribution < -0.4 is 10.5 Å². The maximum atomic E-state index is 13.1. The Kier molecular flexibility index (Phi) is 8.24. The van der Waals surface area contributed by atoms with Gasteiger partial charge < -0.3 is 15.6 Å². The van der Waals surface area contributed by atoms with Gasteiger partial charge in [-0.1, -0.05) is 34.8 Å². The lowest BCUT2D eigenvalue weighted by atomic mass is 9.81. The summed E-state index contributed by atoms with van der Waals surface area (Å²) in [5.74, 6) is 5.39. The van der Waals surface area contributed by atoms with Gasteiger partial charge in [0.05, 0.1) is 35.0 Å². The Bertz CT molecular complexity index is 1270. The fourth-order valence-corrected chi connectivity index (χ4v) is 5.56. The van der Waals surface area contributed by atoms with Gasteiger partial charge >= 0.3 is 5.97 Å². The molecule has 0 spiro atoms. The number of aliphatic carboxylic acids is 1. The van der Waals surface area contributed by atoms with Crippen LogP contribution in [0, 0.1) is 28.8 Å². The van der Waals surface area contributed by atoms with Crippen molar-refractivity contribution in [1.82, 2.24) is 9.88 Å². The third kappa shape index (κ3) is 6.11. The number of fused-ring (bicyclic) bond motifs is 1. The molecule has 3 aromatic rings. The van der Waals surface area contributed by atoms with Crippen molar-refractivity contribution < 1.29 is 19.0 Å². The van der Waals surface area contributed by atoms with Crippen molar-refractivity contribution in [2.75, 3.05) is 26.7 Å². The van der Waals surface area contributed by atoms with Crippen LogP contribution in [-0.2, 0) is 4.79 Å². The van der Waals surface area contributed by atoms with Gasteiger partial charge in [-0.25, -0.2) is 0 Å². The molecule has 1 saturated heterocycles. The molecule has 0 radical (unpaired) electrons. The number of nitrogens with two attached hydrogens (primary N) is 1. The lowest BCUT2D eigenvalue weighted by Crippen LogP contribution is -2.44. The second-order valence-electron chi connectivity index (χ2n) is 8.72. The van der Waals surface area contributed by atoms with Crippen LogP contribution >= 0.6 is 22.9 Å². The van der Waals surface area contributed by atoms with Crippen LogP contribution in [0.2, 0.25) is 5.02 Å². The third-order valence-electron chi connectivity index (χ3n) is 6.53. The molecular weight excluding hydrogens is 489 g/mol. The Labute approximate surface area is 212 Å². The van der Waals surface area contributed by atoms with Crippen molar-refractivity contribution in [1.29, 1.82) is 0 Å². The lowest BCUT2D eigenvalue weighted by Gasteiger charge is -2.36. The molecule has 0 aliphatic carbocycles. The number of carboxylic acids is 1. The highest BCUT2D eigenvalue weighted by Crippen LogP contribution is 2.35. The van der Waals surface area contributed by atoms with E-state index in [0.29, 0.717) is 41.6 Å². The monoisotopic (exact) mass is 515 g/mol. The van der Waals surface area contributed by atoms with Crippen molar-refractivity contribution >= 4 is 39.8 Å². The van der Waals surface area contributed by atoms with Gasteiger partial charge in [-0.2, -0.15) is 4.39 Å². The quantitative estimate of drug-likeness (QED) is 0.433. The predicted octanol–water partition coefficient (Wildman–Crippen LogP) is 4.95. The van der Waals surface area contributed by atoms with E-state index in [9.17, 15) is 14.3 Å². The molecular formula is C26H27ClFN3O3S. The third-order valence-corrected chi connectivity index (χ3v) is 7.62. The van der Waals surface area contributed by atoms with Gasteiger partial charge in [-0.05, 0) is 67.6 Å². The number of nitrogens with zero attached hydrogens (tertiary/aromatic N) is 2. The molecule has 0 unspecified atom stereocenters. The van der Waals surface area contributed by atoms with Crippen LogP contribution in [0.25, 0.3) is 10.9 Å².